The third-order valence-corrected chi connectivity index (χ3v) is 3.79. The molecule has 3 rings (SSSR count). The van der Waals surface area contributed by atoms with Gasteiger partial charge < -0.3 is 0 Å². The van der Waals surface area contributed by atoms with Gasteiger partial charge in [-0.15, -0.1) is 0 Å². The third-order valence-electron chi connectivity index (χ3n) is 3.24. The summed E-state index contributed by atoms with van der Waals surface area (Å²) in [6, 6.07) is 11.0. The van der Waals surface area contributed by atoms with E-state index in [1.165, 1.54) is 0 Å². The van der Waals surface area contributed by atoms with Gasteiger partial charge in [-0.3, -0.25) is 9.48 Å². The standard InChI is InChI=1S/C15H10Cl2N2O/c1-19-14(8-20)12-4-2-3-11(15(12)18-19)10-6-5-9(16)7-13(10)17/h2-8H,1H3. The summed E-state index contributed by atoms with van der Waals surface area (Å²) < 4.78 is 1.57. The van der Waals surface area contributed by atoms with Gasteiger partial charge in [-0.25, -0.2) is 0 Å². The maximum atomic E-state index is 11.2. The van der Waals surface area contributed by atoms with Crippen LogP contribution in [0.2, 0.25) is 10.0 Å². The second kappa shape index (κ2) is 4.93. The van der Waals surface area contributed by atoms with E-state index in [4.69, 9.17) is 23.2 Å². The van der Waals surface area contributed by atoms with E-state index in [9.17, 15) is 4.79 Å². The van der Waals surface area contributed by atoms with E-state index in [-0.39, 0.29) is 0 Å². The van der Waals surface area contributed by atoms with Crippen molar-refractivity contribution in [2.24, 2.45) is 7.05 Å². The summed E-state index contributed by atoms with van der Waals surface area (Å²) in [7, 11) is 1.75. The van der Waals surface area contributed by atoms with Crippen molar-refractivity contribution in [2.45, 2.75) is 0 Å². The number of rotatable bonds is 2. The topological polar surface area (TPSA) is 34.9 Å². The van der Waals surface area contributed by atoms with E-state index in [2.05, 4.69) is 5.10 Å². The van der Waals surface area contributed by atoms with Crippen LogP contribution < -0.4 is 0 Å². The van der Waals surface area contributed by atoms with Crippen molar-refractivity contribution in [3.05, 3.63) is 52.1 Å². The maximum absolute atomic E-state index is 11.2. The Hall–Kier alpha value is -1.84. The lowest BCUT2D eigenvalue weighted by molar-refractivity contribution is 0.111. The molecule has 0 saturated heterocycles. The first kappa shape index (κ1) is 13.2. The van der Waals surface area contributed by atoms with Crippen molar-refractivity contribution in [3.8, 4) is 11.1 Å². The lowest BCUT2D eigenvalue weighted by Gasteiger charge is -2.05. The smallest absolute Gasteiger partial charge is 0.168 e. The first-order chi connectivity index (χ1) is 9.61. The van der Waals surface area contributed by atoms with E-state index in [1.54, 1.807) is 23.9 Å². The molecule has 0 unspecified atom stereocenters. The Bertz CT molecular complexity index is 824. The molecule has 0 aliphatic rings. The van der Waals surface area contributed by atoms with Crippen molar-refractivity contribution < 1.29 is 4.79 Å². The van der Waals surface area contributed by atoms with Crippen LogP contribution in [0.5, 0.6) is 0 Å². The van der Waals surface area contributed by atoms with Gasteiger partial charge in [0.15, 0.2) is 6.29 Å². The Morgan fingerprint density at radius 2 is 1.95 bits per heavy atom. The van der Waals surface area contributed by atoms with Crippen LogP contribution in [0.4, 0.5) is 0 Å². The van der Waals surface area contributed by atoms with Gasteiger partial charge >= 0.3 is 0 Å². The second-order valence-corrected chi connectivity index (χ2v) is 5.30. The molecular weight excluding hydrogens is 295 g/mol. The van der Waals surface area contributed by atoms with E-state index in [0.29, 0.717) is 15.7 Å². The number of aryl methyl sites for hydroxylation is 1. The highest BCUT2D eigenvalue weighted by Gasteiger charge is 2.14. The van der Waals surface area contributed by atoms with Crippen LogP contribution in [0.3, 0.4) is 0 Å². The zero-order valence-electron chi connectivity index (χ0n) is 10.6. The minimum Gasteiger partial charge on any atom is -0.296 e. The van der Waals surface area contributed by atoms with Gasteiger partial charge in [-0.1, -0.05) is 47.5 Å². The molecule has 0 aliphatic heterocycles. The molecule has 0 N–H and O–H groups in total. The Balaban J connectivity index is 2.34. The maximum Gasteiger partial charge on any atom is 0.168 e. The molecule has 0 spiro atoms. The molecule has 1 heterocycles. The van der Waals surface area contributed by atoms with E-state index < -0.39 is 0 Å². The zero-order chi connectivity index (χ0) is 14.3. The molecule has 20 heavy (non-hydrogen) atoms. The third kappa shape index (κ3) is 1.99. The van der Waals surface area contributed by atoms with Crippen LogP contribution in [0.15, 0.2) is 36.4 Å². The van der Waals surface area contributed by atoms with Crippen LogP contribution in [0, 0.1) is 0 Å². The molecule has 2 aromatic carbocycles. The quantitative estimate of drug-likeness (QED) is 0.659. The number of fused-ring (bicyclic) bond motifs is 1. The van der Waals surface area contributed by atoms with Gasteiger partial charge in [0.2, 0.25) is 0 Å². The number of halogens is 2. The number of carbonyl (C=O) groups excluding carboxylic acids is 1. The Morgan fingerprint density at radius 1 is 1.15 bits per heavy atom. The molecule has 1 aromatic heterocycles. The molecular formula is C15H10Cl2N2O. The minimum absolute atomic E-state index is 0.548. The van der Waals surface area contributed by atoms with Crippen LogP contribution in [0.25, 0.3) is 22.0 Å². The summed E-state index contributed by atoms with van der Waals surface area (Å²) in [4.78, 5) is 11.2. The van der Waals surface area contributed by atoms with Crippen LogP contribution in [0.1, 0.15) is 10.5 Å². The monoisotopic (exact) mass is 304 g/mol. The highest BCUT2D eigenvalue weighted by molar-refractivity contribution is 6.36. The SMILES string of the molecule is Cn1nc2c(-c3ccc(Cl)cc3Cl)cccc2c1C=O. The summed E-state index contributed by atoms with van der Waals surface area (Å²) >= 11 is 12.2. The molecule has 3 nitrogen and oxygen atoms in total. The Kier molecular flexibility index (Phi) is 3.24. The summed E-state index contributed by atoms with van der Waals surface area (Å²) in [6.07, 6.45) is 0.808. The summed E-state index contributed by atoms with van der Waals surface area (Å²) in [5.41, 5.74) is 3.03. The van der Waals surface area contributed by atoms with Crippen LogP contribution in [-0.4, -0.2) is 16.1 Å². The van der Waals surface area contributed by atoms with E-state index in [1.807, 2.05) is 24.3 Å². The number of hydrogen-bond acceptors (Lipinski definition) is 2. The highest BCUT2D eigenvalue weighted by atomic mass is 35.5. The molecule has 0 aliphatic carbocycles. The Labute approximate surface area is 125 Å². The normalized spacial score (nSPS) is 10.9. The van der Waals surface area contributed by atoms with Gasteiger partial charge in [0.1, 0.15) is 11.2 Å². The lowest BCUT2D eigenvalue weighted by atomic mass is 10.0. The fraction of sp³-hybridized carbons (Fsp3) is 0.0667. The number of benzene rings is 2. The number of nitrogens with zero attached hydrogens (tertiary/aromatic N) is 2. The Morgan fingerprint density at radius 3 is 2.65 bits per heavy atom. The molecule has 3 aromatic rings. The summed E-state index contributed by atoms with van der Waals surface area (Å²) in [6.45, 7) is 0. The predicted molar refractivity (Wildman–Crippen MR) is 81.6 cm³/mol. The first-order valence-corrected chi connectivity index (χ1v) is 6.73. The van der Waals surface area contributed by atoms with Gasteiger partial charge in [0.05, 0.1) is 0 Å². The lowest BCUT2D eigenvalue weighted by Crippen LogP contribution is -1.95. The molecule has 0 amide bonds. The van der Waals surface area contributed by atoms with Crippen molar-refractivity contribution in [2.75, 3.05) is 0 Å². The van der Waals surface area contributed by atoms with Crippen molar-refractivity contribution in [1.29, 1.82) is 0 Å². The molecule has 5 heteroatoms. The van der Waals surface area contributed by atoms with Gasteiger partial charge in [-0.05, 0) is 12.1 Å². The van der Waals surface area contributed by atoms with Crippen molar-refractivity contribution in [3.63, 3.8) is 0 Å². The average Bonchev–Trinajstić information content (AvgIpc) is 2.74. The van der Waals surface area contributed by atoms with Gasteiger partial charge in [-0.2, -0.15) is 5.10 Å². The molecule has 0 fully saturated rings. The number of aromatic nitrogens is 2. The second-order valence-electron chi connectivity index (χ2n) is 4.45. The number of aldehydes is 1. The average molecular weight is 305 g/mol. The highest BCUT2D eigenvalue weighted by Crippen LogP contribution is 2.34. The van der Waals surface area contributed by atoms with Crippen LogP contribution in [-0.2, 0) is 7.05 Å². The van der Waals surface area contributed by atoms with Crippen LogP contribution >= 0.6 is 23.2 Å². The fourth-order valence-corrected chi connectivity index (χ4v) is 2.81. The molecule has 0 saturated carbocycles. The van der Waals surface area contributed by atoms with E-state index in [0.717, 1.165) is 28.3 Å². The molecule has 0 atom stereocenters. The van der Waals surface area contributed by atoms with Gasteiger partial charge in [0, 0.05) is 33.6 Å². The van der Waals surface area contributed by atoms with E-state index >= 15 is 0 Å². The largest absolute Gasteiger partial charge is 0.296 e. The molecule has 100 valence electrons. The number of hydrogen-bond donors (Lipinski definition) is 0. The fourth-order valence-electron chi connectivity index (χ4n) is 2.30. The molecule has 0 bridgehead atoms. The number of carbonyl (C=O) groups is 1. The first-order valence-electron chi connectivity index (χ1n) is 5.98. The predicted octanol–water partition coefficient (Wildman–Crippen LogP) is 4.36. The van der Waals surface area contributed by atoms with Crippen molar-refractivity contribution in [1.82, 2.24) is 9.78 Å². The minimum atomic E-state index is 0.548. The summed E-state index contributed by atoms with van der Waals surface area (Å²) in [5, 5.41) is 6.37. The molecule has 0 radical (unpaired) electrons. The van der Waals surface area contributed by atoms with Crippen molar-refractivity contribution >= 4 is 40.4 Å². The summed E-state index contributed by atoms with van der Waals surface area (Å²) in [5.74, 6) is 0. The van der Waals surface area contributed by atoms with Gasteiger partial charge in [0.25, 0.3) is 0 Å². The zero-order valence-corrected chi connectivity index (χ0v) is 12.1.